The van der Waals surface area contributed by atoms with Gasteiger partial charge in [-0.05, 0) is 25.7 Å². The van der Waals surface area contributed by atoms with E-state index in [4.69, 9.17) is 24.9 Å². The second-order valence-electron chi connectivity index (χ2n) is 3.36. The highest BCUT2D eigenvalue weighted by Crippen LogP contribution is 2.53. The molecule has 2 atom stereocenters. The molecule has 106 valence electrons. The van der Waals surface area contributed by atoms with Crippen LogP contribution in [0.15, 0.2) is 0 Å². The van der Waals surface area contributed by atoms with Crippen molar-refractivity contribution in [2.24, 2.45) is 0 Å². The first kappa shape index (κ1) is 19.6. The average molecular weight is 292 g/mol. The first-order valence-corrected chi connectivity index (χ1v) is 8.42. The summed E-state index contributed by atoms with van der Waals surface area (Å²) < 4.78 is 20.6. The molecule has 0 rings (SSSR count). The third-order valence-electron chi connectivity index (χ3n) is 1.89. The van der Waals surface area contributed by atoms with Gasteiger partial charge in [-0.1, -0.05) is 6.92 Å². The van der Waals surface area contributed by atoms with Crippen LogP contribution in [-0.2, 0) is 9.13 Å². The van der Waals surface area contributed by atoms with Gasteiger partial charge in [0.1, 0.15) is 5.40 Å². The minimum absolute atomic E-state index is 0.0264. The van der Waals surface area contributed by atoms with E-state index in [1.165, 1.54) is 6.92 Å². The molecule has 0 spiro atoms. The molecule has 17 heavy (non-hydrogen) atoms. The van der Waals surface area contributed by atoms with Gasteiger partial charge in [0, 0.05) is 13.2 Å². The fraction of sp³-hybridized carbons (Fsp3) is 1.00. The molecule has 5 N–H and O–H groups in total. The second kappa shape index (κ2) is 11.4. The van der Waals surface area contributed by atoms with Crippen LogP contribution in [0.2, 0.25) is 0 Å². The molecule has 0 aliphatic heterocycles. The maximum atomic E-state index is 10.4. The van der Waals surface area contributed by atoms with Crippen molar-refractivity contribution in [3.8, 4) is 0 Å². The van der Waals surface area contributed by atoms with E-state index in [1.54, 1.807) is 0 Å². The van der Waals surface area contributed by atoms with Gasteiger partial charge in [-0.25, -0.2) is 0 Å². The Morgan fingerprint density at radius 3 is 1.65 bits per heavy atom. The monoisotopic (exact) mass is 292 g/mol. The van der Waals surface area contributed by atoms with Crippen molar-refractivity contribution in [1.82, 2.24) is 0 Å². The molecule has 7 nitrogen and oxygen atoms in total. The summed E-state index contributed by atoms with van der Waals surface area (Å²) in [5.41, 5.74) is 0. The Labute approximate surface area is 102 Å². The number of rotatable bonds is 7. The highest BCUT2D eigenvalue weighted by molar-refractivity contribution is 7.65. The molecule has 0 amide bonds. The Kier molecular flexibility index (Phi) is 13.1. The van der Waals surface area contributed by atoms with Gasteiger partial charge in [0.25, 0.3) is 0 Å². The van der Waals surface area contributed by atoms with Gasteiger partial charge in [-0.2, -0.15) is 0 Å². The summed E-state index contributed by atoms with van der Waals surface area (Å²) in [6, 6.07) is 0. The lowest BCUT2D eigenvalue weighted by molar-refractivity contribution is 0.257. The minimum Gasteiger partial charge on any atom is -0.396 e. The molecule has 0 aliphatic carbocycles. The lowest BCUT2D eigenvalue weighted by Crippen LogP contribution is -2.00. The summed E-state index contributed by atoms with van der Waals surface area (Å²) in [5, 5.41) is 15.1. The molecule has 0 fully saturated rings. The molecule has 0 aliphatic rings. The van der Waals surface area contributed by atoms with E-state index in [0.717, 1.165) is 19.3 Å². The van der Waals surface area contributed by atoms with Gasteiger partial charge in [-0.15, -0.1) is 0 Å². The van der Waals surface area contributed by atoms with Crippen LogP contribution >= 0.6 is 15.6 Å². The number of unbranched alkanes of at least 4 members (excludes halogenated alkanes) is 2. The third-order valence-corrected chi connectivity index (χ3v) is 5.72. The van der Waals surface area contributed by atoms with E-state index in [0.29, 0.717) is 0 Å². The summed E-state index contributed by atoms with van der Waals surface area (Å²) in [5.74, 6) is 0. The van der Waals surface area contributed by atoms with Gasteiger partial charge >= 0.3 is 7.60 Å². The Morgan fingerprint density at radius 2 is 1.53 bits per heavy atom. The van der Waals surface area contributed by atoms with Crippen molar-refractivity contribution >= 4 is 15.6 Å². The lowest BCUT2D eigenvalue weighted by Gasteiger charge is -2.11. The van der Waals surface area contributed by atoms with Gasteiger partial charge < -0.3 is 24.9 Å². The number of aliphatic hydroxyl groups is 2. The predicted molar refractivity (Wildman–Crippen MR) is 65.4 cm³/mol. The summed E-state index contributed by atoms with van der Waals surface area (Å²) >= 11 is 0. The van der Waals surface area contributed by atoms with Gasteiger partial charge in [0.05, 0.1) is 0 Å². The molecular formula is C8H22O7P2. The molecule has 0 saturated carbocycles. The van der Waals surface area contributed by atoms with Crippen LogP contribution in [0.4, 0.5) is 0 Å². The standard InChI is InChI=1S/C5H12O2.C3H10O5P2/c6-4-2-1-3-5-7;1-2-3(9(4)5)10(6,7)8/h6-7H,1-5H2;3,9H,2H2,1H3,(H,4,5)(H2,6,7,8). The van der Waals surface area contributed by atoms with Crippen molar-refractivity contribution < 1.29 is 34.0 Å². The molecule has 2 unspecified atom stereocenters. The lowest BCUT2D eigenvalue weighted by atomic mass is 10.2. The maximum Gasteiger partial charge on any atom is 0.337 e. The van der Waals surface area contributed by atoms with Crippen LogP contribution in [-0.4, -0.2) is 43.5 Å². The number of aliphatic hydroxyl groups excluding tert-OH is 2. The topological polar surface area (TPSA) is 135 Å². The summed E-state index contributed by atoms with van der Waals surface area (Å²) in [7, 11) is -7.44. The average Bonchev–Trinajstić information content (AvgIpc) is 2.17. The van der Waals surface area contributed by atoms with Crippen LogP contribution in [0.5, 0.6) is 0 Å². The van der Waals surface area contributed by atoms with Gasteiger partial charge in [0.15, 0.2) is 0 Å². The first-order valence-electron chi connectivity index (χ1n) is 5.30. The van der Waals surface area contributed by atoms with Crippen molar-refractivity contribution in [1.29, 1.82) is 0 Å². The van der Waals surface area contributed by atoms with Gasteiger partial charge in [0.2, 0.25) is 8.03 Å². The number of hydrogen-bond donors (Lipinski definition) is 5. The van der Waals surface area contributed by atoms with Crippen molar-refractivity contribution in [2.75, 3.05) is 13.2 Å². The molecule has 9 heteroatoms. The minimum atomic E-state index is -4.35. The summed E-state index contributed by atoms with van der Waals surface area (Å²) in [6.07, 6.45) is 2.60. The molecular weight excluding hydrogens is 270 g/mol. The molecule has 0 saturated heterocycles. The van der Waals surface area contributed by atoms with Crippen LogP contribution in [0.3, 0.4) is 0 Å². The molecule has 0 heterocycles. The van der Waals surface area contributed by atoms with E-state index in [2.05, 4.69) is 0 Å². The maximum absolute atomic E-state index is 10.4. The fourth-order valence-corrected chi connectivity index (χ4v) is 2.93. The van der Waals surface area contributed by atoms with Crippen LogP contribution < -0.4 is 0 Å². The molecule has 0 bridgehead atoms. The Morgan fingerprint density at radius 1 is 1.12 bits per heavy atom. The van der Waals surface area contributed by atoms with Crippen molar-refractivity contribution in [3.63, 3.8) is 0 Å². The quantitative estimate of drug-likeness (QED) is 0.340. The van der Waals surface area contributed by atoms with E-state index in [9.17, 15) is 9.13 Å². The summed E-state index contributed by atoms with van der Waals surface area (Å²) in [4.78, 5) is 25.3. The SMILES string of the molecule is CCC([PH](=O)O)P(=O)(O)O.OCCCCCO. The second-order valence-corrected chi connectivity index (χ2v) is 7.02. The van der Waals surface area contributed by atoms with E-state index >= 15 is 0 Å². The van der Waals surface area contributed by atoms with E-state index in [-0.39, 0.29) is 19.6 Å². The zero-order valence-electron chi connectivity index (χ0n) is 9.82. The largest absolute Gasteiger partial charge is 0.396 e. The Hall–Kier alpha value is 0.260. The number of hydrogen-bond acceptors (Lipinski definition) is 4. The molecule has 0 aromatic rings. The Balaban J connectivity index is 0. The van der Waals surface area contributed by atoms with Crippen LogP contribution in [0, 0.1) is 0 Å². The smallest absolute Gasteiger partial charge is 0.337 e. The molecule has 0 aromatic carbocycles. The molecule has 0 aromatic heterocycles. The fourth-order valence-electron chi connectivity index (χ4n) is 0.957. The summed E-state index contributed by atoms with van der Waals surface area (Å²) in [6.45, 7) is 1.96. The zero-order chi connectivity index (χ0) is 13.9. The van der Waals surface area contributed by atoms with E-state index < -0.39 is 21.0 Å². The van der Waals surface area contributed by atoms with Crippen molar-refractivity contribution in [3.05, 3.63) is 0 Å². The highest BCUT2D eigenvalue weighted by atomic mass is 31.2. The van der Waals surface area contributed by atoms with Crippen LogP contribution in [0.25, 0.3) is 0 Å². The zero-order valence-corrected chi connectivity index (χ0v) is 11.7. The van der Waals surface area contributed by atoms with Crippen LogP contribution in [0.1, 0.15) is 32.6 Å². The van der Waals surface area contributed by atoms with Crippen molar-refractivity contribution in [2.45, 2.75) is 38.0 Å². The normalized spacial score (nSPS) is 14.7. The van der Waals surface area contributed by atoms with E-state index in [1.807, 2.05) is 0 Å². The predicted octanol–water partition coefficient (Wildman–Crippen LogP) is 0.508. The Bertz CT molecular complexity index is 236. The highest BCUT2D eigenvalue weighted by Gasteiger charge is 2.31. The first-order chi connectivity index (χ1) is 7.81. The molecule has 0 radical (unpaired) electrons. The van der Waals surface area contributed by atoms with Gasteiger partial charge in [-0.3, -0.25) is 9.13 Å². The third kappa shape index (κ3) is 12.5.